The molecule has 1 aromatic carbocycles. The summed E-state index contributed by atoms with van der Waals surface area (Å²) in [6, 6.07) is 9.55. The summed E-state index contributed by atoms with van der Waals surface area (Å²) in [7, 11) is 3.71. The van der Waals surface area contributed by atoms with Gasteiger partial charge in [-0.15, -0.1) is 0 Å². The fourth-order valence-electron chi connectivity index (χ4n) is 3.37. The lowest BCUT2D eigenvalue weighted by Gasteiger charge is -2.34. The summed E-state index contributed by atoms with van der Waals surface area (Å²) in [5.41, 5.74) is 1.14. The van der Waals surface area contributed by atoms with Gasteiger partial charge < -0.3 is 20.0 Å². The maximum Gasteiger partial charge on any atom is 0.225 e. The summed E-state index contributed by atoms with van der Waals surface area (Å²) < 4.78 is 0. The van der Waals surface area contributed by atoms with Crippen LogP contribution in [0.3, 0.4) is 0 Å². The number of nitrogens with zero attached hydrogens (tertiary/aromatic N) is 6. The lowest BCUT2D eigenvalue weighted by molar-refractivity contribution is -0.131. The molecule has 1 aromatic heterocycles. The Balaban J connectivity index is 1.40. The fraction of sp³-hybridized carbons (Fsp3) is 0.429. The van der Waals surface area contributed by atoms with Gasteiger partial charge in [-0.3, -0.25) is 9.79 Å². The fourth-order valence-corrected chi connectivity index (χ4v) is 3.50. The summed E-state index contributed by atoms with van der Waals surface area (Å²) in [6.45, 7) is 4.10. The maximum atomic E-state index is 12.6. The van der Waals surface area contributed by atoms with E-state index in [1.807, 2.05) is 41.1 Å². The standard InChI is InChI=1S/C21H28ClN7O/c1-23-20(27(2)16-17-4-6-18(22)7-5-17)26-11-8-19(30)28-12-14-29(15-13-28)21-24-9-3-10-25-21/h3-7,9-10H,8,11-16H2,1-2H3,(H,23,26). The molecule has 1 aliphatic rings. The van der Waals surface area contributed by atoms with Gasteiger partial charge in [0.1, 0.15) is 0 Å². The smallest absolute Gasteiger partial charge is 0.225 e. The first kappa shape index (κ1) is 21.8. The second-order valence-electron chi connectivity index (χ2n) is 7.12. The van der Waals surface area contributed by atoms with Crippen LogP contribution in [-0.4, -0.2) is 78.5 Å². The highest BCUT2D eigenvalue weighted by atomic mass is 35.5. The number of halogens is 1. The highest BCUT2D eigenvalue weighted by Crippen LogP contribution is 2.12. The minimum absolute atomic E-state index is 0.145. The molecule has 3 rings (SSSR count). The third-order valence-electron chi connectivity index (χ3n) is 5.00. The average molecular weight is 430 g/mol. The molecule has 2 aromatic rings. The van der Waals surface area contributed by atoms with Crippen molar-refractivity contribution in [1.82, 2.24) is 25.1 Å². The lowest BCUT2D eigenvalue weighted by atomic mass is 10.2. The molecule has 0 spiro atoms. The van der Waals surface area contributed by atoms with Crippen LogP contribution in [-0.2, 0) is 11.3 Å². The van der Waals surface area contributed by atoms with Crippen molar-refractivity contribution >= 4 is 29.4 Å². The number of amides is 1. The predicted molar refractivity (Wildman–Crippen MR) is 120 cm³/mol. The van der Waals surface area contributed by atoms with Crippen LogP contribution >= 0.6 is 11.6 Å². The Bertz CT molecular complexity index is 836. The van der Waals surface area contributed by atoms with Crippen molar-refractivity contribution in [2.24, 2.45) is 4.99 Å². The van der Waals surface area contributed by atoms with Crippen LogP contribution < -0.4 is 10.2 Å². The topological polar surface area (TPSA) is 77.0 Å². The number of anilines is 1. The largest absolute Gasteiger partial charge is 0.356 e. The molecule has 160 valence electrons. The molecular formula is C21H28ClN7O. The number of piperazine rings is 1. The SMILES string of the molecule is CN=C(NCCC(=O)N1CCN(c2ncccn2)CC1)N(C)Cc1ccc(Cl)cc1. The van der Waals surface area contributed by atoms with Gasteiger partial charge in [-0.05, 0) is 23.8 Å². The van der Waals surface area contributed by atoms with Crippen molar-refractivity contribution in [3.63, 3.8) is 0 Å². The number of rotatable bonds is 6. The van der Waals surface area contributed by atoms with Gasteiger partial charge in [0.15, 0.2) is 5.96 Å². The summed E-state index contributed by atoms with van der Waals surface area (Å²) in [5, 5.41) is 4.00. The average Bonchev–Trinajstić information content (AvgIpc) is 2.78. The van der Waals surface area contributed by atoms with E-state index in [1.165, 1.54) is 0 Å². The molecule has 0 radical (unpaired) electrons. The summed E-state index contributed by atoms with van der Waals surface area (Å²) in [4.78, 5) is 31.5. The van der Waals surface area contributed by atoms with Gasteiger partial charge in [0.2, 0.25) is 11.9 Å². The van der Waals surface area contributed by atoms with E-state index in [4.69, 9.17) is 11.6 Å². The molecular weight excluding hydrogens is 402 g/mol. The van der Waals surface area contributed by atoms with E-state index < -0.39 is 0 Å². The Hall–Kier alpha value is -2.87. The second-order valence-corrected chi connectivity index (χ2v) is 7.56. The van der Waals surface area contributed by atoms with Gasteiger partial charge in [-0.1, -0.05) is 23.7 Å². The van der Waals surface area contributed by atoms with Crippen molar-refractivity contribution in [3.05, 3.63) is 53.3 Å². The van der Waals surface area contributed by atoms with E-state index in [1.54, 1.807) is 25.5 Å². The number of carbonyl (C=O) groups is 1. The van der Waals surface area contributed by atoms with Crippen LogP contribution in [0.25, 0.3) is 0 Å². The summed E-state index contributed by atoms with van der Waals surface area (Å²) >= 11 is 5.94. The van der Waals surface area contributed by atoms with Crippen molar-refractivity contribution < 1.29 is 4.79 Å². The van der Waals surface area contributed by atoms with Gasteiger partial charge in [0, 0.05) is 77.2 Å². The maximum absolute atomic E-state index is 12.6. The van der Waals surface area contributed by atoms with E-state index in [0.29, 0.717) is 32.6 Å². The third-order valence-corrected chi connectivity index (χ3v) is 5.25. The molecule has 1 amide bonds. The van der Waals surface area contributed by atoms with Gasteiger partial charge in [0.25, 0.3) is 0 Å². The number of hydrogen-bond donors (Lipinski definition) is 1. The van der Waals surface area contributed by atoms with E-state index in [-0.39, 0.29) is 5.91 Å². The van der Waals surface area contributed by atoms with E-state index in [0.717, 1.165) is 35.6 Å². The number of aromatic nitrogens is 2. The molecule has 0 aliphatic carbocycles. The zero-order valence-electron chi connectivity index (χ0n) is 17.5. The highest BCUT2D eigenvalue weighted by molar-refractivity contribution is 6.30. The zero-order valence-corrected chi connectivity index (χ0v) is 18.2. The number of carbonyl (C=O) groups excluding carboxylic acids is 1. The van der Waals surface area contributed by atoms with Crippen LogP contribution in [0.1, 0.15) is 12.0 Å². The molecule has 8 nitrogen and oxygen atoms in total. The third kappa shape index (κ3) is 6.06. The molecule has 1 saturated heterocycles. The summed E-state index contributed by atoms with van der Waals surface area (Å²) in [5.74, 6) is 1.62. The van der Waals surface area contributed by atoms with Crippen LogP contribution in [0.5, 0.6) is 0 Å². The van der Waals surface area contributed by atoms with Crippen LogP contribution in [0.15, 0.2) is 47.7 Å². The van der Waals surface area contributed by atoms with Gasteiger partial charge in [-0.25, -0.2) is 9.97 Å². The van der Waals surface area contributed by atoms with Gasteiger partial charge in [0.05, 0.1) is 0 Å². The molecule has 0 unspecified atom stereocenters. The van der Waals surface area contributed by atoms with Gasteiger partial charge in [-0.2, -0.15) is 0 Å². The minimum atomic E-state index is 0.145. The highest BCUT2D eigenvalue weighted by Gasteiger charge is 2.22. The normalized spacial score (nSPS) is 14.6. The van der Waals surface area contributed by atoms with E-state index in [2.05, 4.69) is 25.2 Å². The van der Waals surface area contributed by atoms with Crippen LogP contribution in [0.4, 0.5) is 5.95 Å². The first-order chi connectivity index (χ1) is 14.6. The first-order valence-electron chi connectivity index (χ1n) is 10.0. The van der Waals surface area contributed by atoms with Crippen LogP contribution in [0, 0.1) is 0 Å². The molecule has 9 heteroatoms. The number of aliphatic imine (C=N–C) groups is 1. The molecule has 1 aliphatic heterocycles. The minimum Gasteiger partial charge on any atom is -0.356 e. The Kier molecular flexibility index (Phi) is 7.84. The predicted octanol–water partition coefficient (Wildman–Crippen LogP) is 1.88. The quantitative estimate of drug-likeness (QED) is 0.558. The van der Waals surface area contributed by atoms with E-state index >= 15 is 0 Å². The molecule has 1 fully saturated rings. The van der Waals surface area contributed by atoms with Crippen LogP contribution in [0.2, 0.25) is 5.02 Å². The Labute approximate surface area is 182 Å². The number of guanidine groups is 1. The molecule has 0 saturated carbocycles. The monoisotopic (exact) mass is 429 g/mol. The zero-order chi connectivity index (χ0) is 21.3. The van der Waals surface area contributed by atoms with Crippen molar-refractivity contribution in [2.75, 3.05) is 51.7 Å². The lowest BCUT2D eigenvalue weighted by Crippen LogP contribution is -2.50. The molecule has 0 atom stereocenters. The Morgan fingerprint density at radius 2 is 1.83 bits per heavy atom. The molecule has 2 heterocycles. The number of benzene rings is 1. The molecule has 0 bridgehead atoms. The molecule has 30 heavy (non-hydrogen) atoms. The Morgan fingerprint density at radius 3 is 2.47 bits per heavy atom. The number of nitrogens with one attached hydrogen (secondary N) is 1. The first-order valence-corrected chi connectivity index (χ1v) is 10.4. The van der Waals surface area contributed by atoms with Crippen molar-refractivity contribution in [2.45, 2.75) is 13.0 Å². The summed E-state index contributed by atoms with van der Waals surface area (Å²) in [6.07, 6.45) is 3.90. The van der Waals surface area contributed by atoms with Crippen molar-refractivity contribution in [3.8, 4) is 0 Å². The number of hydrogen-bond acceptors (Lipinski definition) is 5. The molecule has 1 N–H and O–H groups in total. The Morgan fingerprint density at radius 1 is 1.17 bits per heavy atom. The van der Waals surface area contributed by atoms with E-state index in [9.17, 15) is 4.79 Å². The van der Waals surface area contributed by atoms with Gasteiger partial charge >= 0.3 is 0 Å². The van der Waals surface area contributed by atoms with Crippen molar-refractivity contribution in [1.29, 1.82) is 0 Å². The second kappa shape index (κ2) is 10.8.